The van der Waals surface area contributed by atoms with Gasteiger partial charge in [0.15, 0.2) is 0 Å². The first kappa shape index (κ1) is 15.0. The number of carbonyl (C=O) groups excluding carboxylic acids is 1. The zero-order chi connectivity index (χ0) is 15.4. The summed E-state index contributed by atoms with van der Waals surface area (Å²) in [4.78, 5) is 20.4. The average Bonchev–Trinajstić information content (AvgIpc) is 3.06. The first-order valence-corrected chi connectivity index (χ1v) is 8.66. The van der Waals surface area contributed by atoms with Gasteiger partial charge in [-0.3, -0.25) is 4.79 Å². The van der Waals surface area contributed by atoms with Gasteiger partial charge in [-0.2, -0.15) is 0 Å². The van der Waals surface area contributed by atoms with E-state index in [1.54, 1.807) is 17.5 Å². The van der Waals surface area contributed by atoms with Gasteiger partial charge in [-0.15, -0.1) is 11.3 Å². The highest BCUT2D eigenvalue weighted by atomic mass is 32.1. The number of anilines is 1. The summed E-state index contributed by atoms with van der Waals surface area (Å²) in [6.07, 6.45) is 5.35. The molecule has 0 spiro atoms. The molecular formula is C17H21N3OS. The molecule has 3 heterocycles. The summed E-state index contributed by atoms with van der Waals surface area (Å²) in [5.74, 6) is 0.771. The third-order valence-corrected chi connectivity index (χ3v) is 4.99. The number of aromatic nitrogens is 1. The number of hydrogen-bond acceptors (Lipinski definition) is 4. The molecule has 22 heavy (non-hydrogen) atoms. The standard InChI is InChI=1S/C17H21N3OS/c1-13-6-2-3-10-20(13)16-15(8-4-9-18-16)17(21)19-12-14-7-5-11-22-14/h4-5,7-9,11,13H,2-3,6,10,12H2,1H3,(H,19,21)/t13-/m1/s1. The van der Waals surface area contributed by atoms with Crippen molar-refractivity contribution in [3.8, 4) is 0 Å². The van der Waals surface area contributed by atoms with Gasteiger partial charge in [0.25, 0.3) is 5.91 Å². The second-order valence-electron chi connectivity index (χ2n) is 5.67. The van der Waals surface area contributed by atoms with Crippen molar-refractivity contribution in [1.29, 1.82) is 0 Å². The Labute approximate surface area is 135 Å². The predicted octanol–water partition coefficient (Wildman–Crippen LogP) is 3.45. The molecule has 1 amide bonds. The van der Waals surface area contributed by atoms with E-state index in [9.17, 15) is 4.79 Å². The smallest absolute Gasteiger partial charge is 0.255 e. The summed E-state index contributed by atoms with van der Waals surface area (Å²) in [5, 5.41) is 5.02. The van der Waals surface area contributed by atoms with Crippen LogP contribution in [-0.2, 0) is 6.54 Å². The van der Waals surface area contributed by atoms with Crippen molar-refractivity contribution >= 4 is 23.1 Å². The van der Waals surface area contributed by atoms with E-state index in [1.165, 1.54) is 6.42 Å². The van der Waals surface area contributed by atoms with Crippen LogP contribution in [0.1, 0.15) is 41.4 Å². The summed E-state index contributed by atoms with van der Waals surface area (Å²) in [5.41, 5.74) is 0.674. The highest BCUT2D eigenvalue weighted by Gasteiger charge is 2.24. The number of pyridine rings is 1. The van der Waals surface area contributed by atoms with Gasteiger partial charge in [0.05, 0.1) is 12.1 Å². The summed E-state index contributed by atoms with van der Waals surface area (Å²) in [6.45, 7) is 3.75. The Morgan fingerprint density at radius 3 is 3.09 bits per heavy atom. The highest BCUT2D eigenvalue weighted by molar-refractivity contribution is 7.09. The minimum Gasteiger partial charge on any atom is -0.353 e. The average molecular weight is 315 g/mol. The molecule has 1 atom stereocenters. The van der Waals surface area contributed by atoms with E-state index in [0.29, 0.717) is 18.2 Å². The third-order valence-electron chi connectivity index (χ3n) is 4.11. The SMILES string of the molecule is C[C@@H]1CCCCN1c1ncccc1C(=O)NCc1cccs1. The number of hydrogen-bond donors (Lipinski definition) is 1. The van der Waals surface area contributed by atoms with E-state index < -0.39 is 0 Å². The van der Waals surface area contributed by atoms with E-state index in [2.05, 4.69) is 22.1 Å². The summed E-state index contributed by atoms with van der Waals surface area (Å²) in [6, 6.07) is 8.16. The third kappa shape index (κ3) is 3.30. The number of amides is 1. The van der Waals surface area contributed by atoms with Crippen LogP contribution in [0.5, 0.6) is 0 Å². The molecule has 1 aliphatic heterocycles. The number of thiophene rings is 1. The van der Waals surface area contributed by atoms with Gasteiger partial charge in [0, 0.05) is 23.7 Å². The van der Waals surface area contributed by atoms with Gasteiger partial charge in [0.1, 0.15) is 5.82 Å². The molecule has 4 nitrogen and oxygen atoms in total. The monoisotopic (exact) mass is 315 g/mol. The quantitative estimate of drug-likeness (QED) is 0.940. The lowest BCUT2D eigenvalue weighted by atomic mass is 10.0. The van der Waals surface area contributed by atoms with Crippen molar-refractivity contribution in [1.82, 2.24) is 10.3 Å². The summed E-state index contributed by atoms with van der Waals surface area (Å²) < 4.78 is 0. The summed E-state index contributed by atoms with van der Waals surface area (Å²) in [7, 11) is 0. The second kappa shape index (κ2) is 6.92. The molecule has 0 aliphatic carbocycles. The fourth-order valence-electron chi connectivity index (χ4n) is 2.89. The van der Waals surface area contributed by atoms with Gasteiger partial charge in [-0.05, 0) is 49.8 Å². The van der Waals surface area contributed by atoms with Crippen LogP contribution in [0.4, 0.5) is 5.82 Å². The van der Waals surface area contributed by atoms with E-state index in [4.69, 9.17) is 0 Å². The molecule has 1 aliphatic rings. The Balaban J connectivity index is 1.76. The van der Waals surface area contributed by atoms with Crippen molar-refractivity contribution in [3.63, 3.8) is 0 Å². The van der Waals surface area contributed by atoms with Gasteiger partial charge >= 0.3 is 0 Å². The predicted molar refractivity (Wildman–Crippen MR) is 90.4 cm³/mol. The van der Waals surface area contributed by atoms with Crippen molar-refractivity contribution in [3.05, 3.63) is 46.3 Å². The molecule has 0 unspecified atom stereocenters. The number of piperidine rings is 1. The van der Waals surface area contributed by atoms with E-state index in [1.807, 2.05) is 29.6 Å². The maximum atomic E-state index is 12.5. The van der Waals surface area contributed by atoms with Crippen LogP contribution >= 0.6 is 11.3 Å². The molecule has 0 bridgehead atoms. The van der Waals surface area contributed by atoms with Crippen LogP contribution in [0.3, 0.4) is 0 Å². The zero-order valence-corrected chi connectivity index (χ0v) is 13.6. The van der Waals surface area contributed by atoms with Crippen molar-refractivity contribution < 1.29 is 4.79 Å². The molecule has 3 rings (SSSR count). The molecular weight excluding hydrogens is 294 g/mol. The lowest BCUT2D eigenvalue weighted by Gasteiger charge is -2.35. The van der Waals surface area contributed by atoms with Gasteiger partial charge in [-0.25, -0.2) is 4.98 Å². The molecule has 1 N–H and O–H groups in total. The molecule has 116 valence electrons. The van der Waals surface area contributed by atoms with E-state index >= 15 is 0 Å². The molecule has 0 saturated carbocycles. The van der Waals surface area contributed by atoms with Crippen LogP contribution < -0.4 is 10.2 Å². The maximum absolute atomic E-state index is 12.5. The van der Waals surface area contributed by atoms with Crippen molar-refractivity contribution in [2.45, 2.75) is 38.8 Å². The van der Waals surface area contributed by atoms with Crippen molar-refractivity contribution in [2.24, 2.45) is 0 Å². The molecule has 2 aromatic heterocycles. The number of nitrogens with one attached hydrogen (secondary N) is 1. The number of rotatable bonds is 4. The van der Waals surface area contributed by atoms with E-state index in [0.717, 1.165) is 30.1 Å². The lowest BCUT2D eigenvalue weighted by Crippen LogP contribution is -2.39. The maximum Gasteiger partial charge on any atom is 0.255 e. The van der Waals surface area contributed by atoms with Crippen LogP contribution in [0.2, 0.25) is 0 Å². The second-order valence-corrected chi connectivity index (χ2v) is 6.71. The topological polar surface area (TPSA) is 45.2 Å². The summed E-state index contributed by atoms with van der Waals surface area (Å²) >= 11 is 1.65. The Hall–Kier alpha value is -1.88. The fraction of sp³-hybridized carbons (Fsp3) is 0.412. The van der Waals surface area contributed by atoms with Crippen LogP contribution in [-0.4, -0.2) is 23.5 Å². The van der Waals surface area contributed by atoms with Gasteiger partial charge < -0.3 is 10.2 Å². The lowest BCUT2D eigenvalue weighted by molar-refractivity contribution is 0.0951. The van der Waals surface area contributed by atoms with Crippen LogP contribution in [0.25, 0.3) is 0 Å². The first-order chi connectivity index (χ1) is 10.8. The number of nitrogens with zero attached hydrogens (tertiary/aromatic N) is 2. The Bertz CT molecular complexity index is 627. The normalized spacial score (nSPS) is 18.2. The molecule has 0 aromatic carbocycles. The molecule has 0 radical (unpaired) electrons. The molecule has 1 saturated heterocycles. The minimum atomic E-state index is -0.0470. The fourth-order valence-corrected chi connectivity index (χ4v) is 3.54. The van der Waals surface area contributed by atoms with Gasteiger partial charge in [-0.1, -0.05) is 6.07 Å². The van der Waals surface area contributed by atoms with Crippen LogP contribution in [0.15, 0.2) is 35.8 Å². The van der Waals surface area contributed by atoms with Crippen molar-refractivity contribution in [2.75, 3.05) is 11.4 Å². The Morgan fingerprint density at radius 1 is 1.41 bits per heavy atom. The Kier molecular flexibility index (Phi) is 4.73. The largest absolute Gasteiger partial charge is 0.353 e. The Morgan fingerprint density at radius 2 is 2.32 bits per heavy atom. The van der Waals surface area contributed by atoms with E-state index in [-0.39, 0.29) is 5.91 Å². The zero-order valence-electron chi connectivity index (χ0n) is 12.8. The first-order valence-electron chi connectivity index (χ1n) is 7.78. The van der Waals surface area contributed by atoms with Crippen LogP contribution in [0, 0.1) is 0 Å². The van der Waals surface area contributed by atoms with Gasteiger partial charge in [0.2, 0.25) is 0 Å². The molecule has 5 heteroatoms. The molecule has 2 aromatic rings. The molecule has 1 fully saturated rings. The number of carbonyl (C=O) groups is 1. The highest BCUT2D eigenvalue weighted by Crippen LogP contribution is 2.25. The minimum absolute atomic E-state index is 0.0470.